The quantitative estimate of drug-likeness (QED) is 0.422. The summed E-state index contributed by atoms with van der Waals surface area (Å²) in [5.74, 6) is -0.578. The first-order valence-electron chi connectivity index (χ1n) is 9.03. The van der Waals surface area contributed by atoms with Gasteiger partial charge in [-0.05, 0) is 47.7 Å². The van der Waals surface area contributed by atoms with E-state index >= 15 is 0 Å². The van der Waals surface area contributed by atoms with E-state index in [4.69, 9.17) is 16.3 Å². The highest BCUT2D eigenvalue weighted by molar-refractivity contribution is 6.35. The molecule has 0 aliphatic heterocycles. The van der Waals surface area contributed by atoms with Crippen LogP contribution in [0, 0.1) is 0 Å². The number of ether oxygens (including phenoxy) is 1. The maximum absolute atomic E-state index is 11.9. The Labute approximate surface area is 169 Å². The molecule has 7 heteroatoms. The SMILES string of the molecule is CCOc1ccc(/C=N\NC(=O)C(=O)NCc2ccc(C(C)C)cc2)cc1Cl. The topological polar surface area (TPSA) is 79.8 Å². The second-order valence-corrected chi connectivity index (χ2v) is 6.81. The number of hydrogen-bond acceptors (Lipinski definition) is 4. The zero-order valence-corrected chi connectivity index (χ0v) is 16.9. The molecular weight excluding hydrogens is 378 g/mol. The Morgan fingerprint density at radius 3 is 2.46 bits per heavy atom. The van der Waals surface area contributed by atoms with Gasteiger partial charge in [0.05, 0.1) is 17.8 Å². The van der Waals surface area contributed by atoms with Gasteiger partial charge in [-0.2, -0.15) is 5.10 Å². The van der Waals surface area contributed by atoms with Crippen molar-refractivity contribution >= 4 is 29.6 Å². The van der Waals surface area contributed by atoms with Crippen molar-refractivity contribution in [2.24, 2.45) is 5.10 Å². The van der Waals surface area contributed by atoms with E-state index in [9.17, 15) is 9.59 Å². The van der Waals surface area contributed by atoms with Crippen LogP contribution in [0.2, 0.25) is 5.02 Å². The largest absolute Gasteiger partial charge is 0.492 e. The second kappa shape index (κ2) is 10.5. The number of rotatable bonds is 7. The van der Waals surface area contributed by atoms with E-state index in [-0.39, 0.29) is 6.54 Å². The van der Waals surface area contributed by atoms with Crippen LogP contribution in [0.4, 0.5) is 0 Å². The van der Waals surface area contributed by atoms with E-state index in [1.54, 1.807) is 18.2 Å². The van der Waals surface area contributed by atoms with Crippen molar-refractivity contribution in [1.29, 1.82) is 0 Å². The van der Waals surface area contributed by atoms with Gasteiger partial charge in [-0.3, -0.25) is 9.59 Å². The zero-order valence-electron chi connectivity index (χ0n) is 16.2. The van der Waals surface area contributed by atoms with Crippen LogP contribution in [0.3, 0.4) is 0 Å². The first kappa shape index (κ1) is 21.4. The first-order chi connectivity index (χ1) is 13.4. The predicted octanol–water partition coefficient (Wildman–Crippen LogP) is 3.63. The number of hydrogen-bond donors (Lipinski definition) is 2. The fourth-order valence-corrected chi connectivity index (χ4v) is 2.61. The minimum Gasteiger partial charge on any atom is -0.492 e. The van der Waals surface area contributed by atoms with Gasteiger partial charge in [0.25, 0.3) is 0 Å². The maximum atomic E-state index is 11.9. The highest BCUT2D eigenvalue weighted by Crippen LogP contribution is 2.24. The van der Waals surface area contributed by atoms with Crippen LogP contribution in [-0.2, 0) is 16.1 Å². The van der Waals surface area contributed by atoms with Crippen molar-refractivity contribution in [2.75, 3.05) is 6.61 Å². The average Bonchev–Trinajstić information content (AvgIpc) is 2.68. The minimum absolute atomic E-state index is 0.267. The Morgan fingerprint density at radius 2 is 1.86 bits per heavy atom. The van der Waals surface area contributed by atoms with E-state index in [1.807, 2.05) is 31.2 Å². The molecule has 0 bridgehead atoms. The lowest BCUT2D eigenvalue weighted by atomic mass is 10.0. The van der Waals surface area contributed by atoms with E-state index in [1.165, 1.54) is 11.8 Å². The normalized spacial score (nSPS) is 10.9. The summed E-state index contributed by atoms with van der Waals surface area (Å²) in [6.45, 7) is 6.88. The Balaban J connectivity index is 1.82. The molecule has 0 unspecified atom stereocenters. The number of carbonyl (C=O) groups is 2. The first-order valence-corrected chi connectivity index (χ1v) is 9.41. The van der Waals surface area contributed by atoms with Crippen LogP contribution in [0.5, 0.6) is 5.75 Å². The molecule has 2 aromatic rings. The molecule has 0 saturated heterocycles. The van der Waals surface area contributed by atoms with Crippen molar-refractivity contribution in [1.82, 2.24) is 10.7 Å². The molecule has 0 heterocycles. The fourth-order valence-electron chi connectivity index (χ4n) is 2.37. The lowest BCUT2D eigenvalue weighted by Gasteiger charge is -2.08. The number of hydrazone groups is 1. The van der Waals surface area contributed by atoms with Gasteiger partial charge in [0.15, 0.2) is 0 Å². The lowest BCUT2D eigenvalue weighted by Crippen LogP contribution is -2.37. The smallest absolute Gasteiger partial charge is 0.329 e. The number of carbonyl (C=O) groups excluding carboxylic acids is 2. The minimum atomic E-state index is -0.841. The molecule has 2 aromatic carbocycles. The second-order valence-electron chi connectivity index (χ2n) is 6.40. The Bertz CT molecular complexity index is 848. The van der Waals surface area contributed by atoms with Crippen LogP contribution < -0.4 is 15.5 Å². The van der Waals surface area contributed by atoms with Gasteiger partial charge in [-0.25, -0.2) is 5.43 Å². The molecule has 0 aliphatic rings. The molecular formula is C21H24ClN3O3. The summed E-state index contributed by atoms with van der Waals surface area (Å²) in [5.41, 5.74) is 4.99. The van der Waals surface area contributed by atoms with E-state index < -0.39 is 11.8 Å². The highest BCUT2D eigenvalue weighted by atomic mass is 35.5. The van der Waals surface area contributed by atoms with Crippen LogP contribution in [0.15, 0.2) is 47.6 Å². The van der Waals surface area contributed by atoms with Gasteiger partial charge in [-0.15, -0.1) is 0 Å². The van der Waals surface area contributed by atoms with Crippen LogP contribution in [0.1, 0.15) is 43.4 Å². The van der Waals surface area contributed by atoms with E-state index in [0.717, 1.165) is 5.56 Å². The van der Waals surface area contributed by atoms with Crippen molar-refractivity contribution in [3.63, 3.8) is 0 Å². The number of nitrogens with one attached hydrogen (secondary N) is 2. The van der Waals surface area contributed by atoms with Crippen molar-refractivity contribution in [3.05, 3.63) is 64.2 Å². The molecule has 2 rings (SSSR count). The van der Waals surface area contributed by atoms with Crippen LogP contribution >= 0.6 is 11.6 Å². The molecule has 148 valence electrons. The third-order valence-electron chi connectivity index (χ3n) is 3.94. The fraction of sp³-hybridized carbons (Fsp3) is 0.286. The Hall–Kier alpha value is -2.86. The van der Waals surface area contributed by atoms with E-state index in [0.29, 0.717) is 28.9 Å². The monoisotopic (exact) mass is 401 g/mol. The molecule has 0 aromatic heterocycles. The van der Waals surface area contributed by atoms with Crippen LogP contribution in [0.25, 0.3) is 0 Å². The molecule has 0 spiro atoms. The molecule has 0 aliphatic carbocycles. The molecule has 6 nitrogen and oxygen atoms in total. The zero-order chi connectivity index (χ0) is 20.5. The van der Waals surface area contributed by atoms with Gasteiger partial charge in [0, 0.05) is 6.54 Å². The van der Waals surface area contributed by atoms with Gasteiger partial charge in [-0.1, -0.05) is 49.7 Å². The predicted molar refractivity (Wildman–Crippen MR) is 111 cm³/mol. The number of benzene rings is 2. The maximum Gasteiger partial charge on any atom is 0.329 e. The lowest BCUT2D eigenvalue weighted by molar-refractivity contribution is -0.139. The number of nitrogens with zero attached hydrogens (tertiary/aromatic N) is 1. The molecule has 0 atom stereocenters. The molecule has 2 N–H and O–H groups in total. The molecule has 28 heavy (non-hydrogen) atoms. The summed E-state index contributed by atoms with van der Waals surface area (Å²) in [7, 11) is 0. The van der Waals surface area contributed by atoms with Crippen LogP contribution in [-0.4, -0.2) is 24.6 Å². The van der Waals surface area contributed by atoms with Crippen molar-refractivity contribution < 1.29 is 14.3 Å². The average molecular weight is 402 g/mol. The van der Waals surface area contributed by atoms with E-state index in [2.05, 4.69) is 29.7 Å². The van der Waals surface area contributed by atoms with Gasteiger partial charge in [0.1, 0.15) is 5.75 Å². The molecule has 0 fully saturated rings. The summed E-state index contributed by atoms with van der Waals surface area (Å²) >= 11 is 6.09. The summed E-state index contributed by atoms with van der Waals surface area (Å²) < 4.78 is 5.35. The summed E-state index contributed by atoms with van der Waals surface area (Å²) in [6.07, 6.45) is 1.40. The van der Waals surface area contributed by atoms with Gasteiger partial charge in [0.2, 0.25) is 0 Å². The van der Waals surface area contributed by atoms with Crippen molar-refractivity contribution in [2.45, 2.75) is 33.2 Å². The standard InChI is InChI=1S/C21H24ClN3O3/c1-4-28-19-10-7-16(11-18(19)22)13-24-25-21(27)20(26)23-12-15-5-8-17(9-6-15)14(2)3/h5-11,13-14H,4,12H2,1-3H3,(H,23,26)(H,25,27)/b24-13-. The Morgan fingerprint density at radius 1 is 1.14 bits per heavy atom. The third kappa shape index (κ3) is 6.39. The highest BCUT2D eigenvalue weighted by Gasteiger charge is 2.12. The van der Waals surface area contributed by atoms with Gasteiger partial charge < -0.3 is 10.1 Å². The summed E-state index contributed by atoms with van der Waals surface area (Å²) in [5, 5.41) is 6.79. The Kier molecular flexibility index (Phi) is 8.02. The summed E-state index contributed by atoms with van der Waals surface area (Å²) in [4.78, 5) is 23.7. The third-order valence-corrected chi connectivity index (χ3v) is 4.24. The molecule has 2 amide bonds. The molecule has 0 saturated carbocycles. The van der Waals surface area contributed by atoms with Crippen molar-refractivity contribution in [3.8, 4) is 5.75 Å². The number of halogens is 1. The summed E-state index contributed by atoms with van der Waals surface area (Å²) in [6, 6.07) is 13.0. The number of amides is 2. The molecule has 0 radical (unpaired) electrons. The van der Waals surface area contributed by atoms with Gasteiger partial charge >= 0.3 is 11.8 Å².